The molecule has 0 nitrogen and oxygen atoms in total. The minimum atomic E-state index is 0.999. The standard InChI is InChI=1S/C14H24/c1-12-9-13-7-5-3-2-4-6-8-14(10-12)11-13/h13-14H,1-11H2/t13-,14+. The summed E-state index contributed by atoms with van der Waals surface area (Å²) < 4.78 is 0. The van der Waals surface area contributed by atoms with Crippen LogP contribution < -0.4 is 0 Å². The third-order valence-electron chi connectivity index (χ3n) is 4.05. The quantitative estimate of drug-likeness (QED) is 0.488. The Hall–Kier alpha value is -0.260. The van der Waals surface area contributed by atoms with Gasteiger partial charge < -0.3 is 0 Å². The van der Waals surface area contributed by atoms with Gasteiger partial charge in [-0.2, -0.15) is 0 Å². The van der Waals surface area contributed by atoms with E-state index in [1.165, 1.54) is 64.2 Å². The largest absolute Gasteiger partial charge is 0.0998 e. The minimum Gasteiger partial charge on any atom is -0.0998 e. The van der Waals surface area contributed by atoms with Gasteiger partial charge in [-0.25, -0.2) is 0 Å². The molecule has 0 aromatic rings. The Bertz CT molecular complexity index is 174. The van der Waals surface area contributed by atoms with Crippen molar-refractivity contribution >= 4 is 0 Å². The molecule has 0 aliphatic heterocycles. The number of rotatable bonds is 0. The van der Waals surface area contributed by atoms with Gasteiger partial charge in [0.2, 0.25) is 0 Å². The summed E-state index contributed by atoms with van der Waals surface area (Å²) >= 11 is 0. The molecule has 0 aromatic heterocycles. The second-order valence-electron chi connectivity index (χ2n) is 5.47. The van der Waals surface area contributed by atoms with Crippen LogP contribution in [0.3, 0.4) is 0 Å². The van der Waals surface area contributed by atoms with Crippen LogP contribution in [-0.4, -0.2) is 0 Å². The zero-order valence-electron chi connectivity index (χ0n) is 9.43. The van der Waals surface area contributed by atoms with Gasteiger partial charge >= 0.3 is 0 Å². The van der Waals surface area contributed by atoms with Gasteiger partial charge in [-0.3, -0.25) is 0 Å². The molecule has 2 saturated carbocycles. The normalized spacial score (nSPS) is 35.3. The molecule has 14 heavy (non-hydrogen) atoms. The monoisotopic (exact) mass is 192 g/mol. The highest BCUT2D eigenvalue weighted by Gasteiger charge is 2.23. The van der Waals surface area contributed by atoms with Crippen LogP contribution in [0.4, 0.5) is 0 Å². The van der Waals surface area contributed by atoms with Crippen molar-refractivity contribution in [3.05, 3.63) is 12.2 Å². The zero-order valence-corrected chi connectivity index (χ0v) is 9.43. The van der Waals surface area contributed by atoms with Gasteiger partial charge in [0, 0.05) is 0 Å². The summed E-state index contributed by atoms with van der Waals surface area (Å²) in [7, 11) is 0. The van der Waals surface area contributed by atoms with Crippen LogP contribution in [-0.2, 0) is 0 Å². The fourth-order valence-corrected chi connectivity index (χ4v) is 3.37. The fraction of sp³-hybridized carbons (Fsp3) is 0.857. The third kappa shape index (κ3) is 2.87. The first-order valence-electron chi connectivity index (χ1n) is 6.51. The van der Waals surface area contributed by atoms with E-state index in [-0.39, 0.29) is 0 Å². The molecule has 0 amide bonds. The Labute approximate surface area is 88.8 Å². The lowest BCUT2D eigenvalue weighted by molar-refractivity contribution is 0.270. The Kier molecular flexibility index (Phi) is 3.67. The van der Waals surface area contributed by atoms with Crippen molar-refractivity contribution in [3.63, 3.8) is 0 Å². The van der Waals surface area contributed by atoms with E-state index in [2.05, 4.69) is 6.58 Å². The Balaban J connectivity index is 1.92. The van der Waals surface area contributed by atoms with Gasteiger partial charge in [0.15, 0.2) is 0 Å². The minimum absolute atomic E-state index is 0.999. The SMILES string of the molecule is C=C1C[C@H]2CCCCCCC[C@@H](C1)C2. The van der Waals surface area contributed by atoms with E-state index in [1.54, 1.807) is 5.57 Å². The van der Waals surface area contributed by atoms with Crippen LogP contribution in [0, 0.1) is 11.8 Å². The smallest absolute Gasteiger partial charge is 0.0294 e. The Morgan fingerprint density at radius 3 is 1.86 bits per heavy atom. The fourth-order valence-electron chi connectivity index (χ4n) is 3.37. The van der Waals surface area contributed by atoms with E-state index in [0.29, 0.717) is 0 Å². The summed E-state index contributed by atoms with van der Waals surface area (Å²) in [4.78, 5) is 0. The van der Waals surface area contributed by atoms with Crippen molar-refractivity contribution in [3.8, 4) is 0 Å². The molecule has 0 unspecified atom stereocenters. The molecular formula is C14H24. The third-order valence-corrected chi connectivity index (χ3v) is 4.05. The van der Waals surface area contributed by atoms with E-state index in [4.69, 9.17) is 0 Å². The van der Waals surface area contributed by atoms with Crippen LogP contribution >= 0.6 is 0 Å². The van der Waals surface area contributed by atoms with E-state index >= 15 is 0 Å². The van der Waals surface area contributed by atoms with Crippen LogP contribution in [0.5, 0.6) is 0 Å². The second-order valence-corrected chi connectivity index (χ2v) is 5.47. The Morgan fingerprint density at radius 1 is 0.786 bits per heavy atom. The molecule has 0 saturated heterocycles. The summed E-state index contributed by atoms with van der Waals surface area (Å²) in [5.74, 6) is 2.00. The molecule has 0 aromatic carbocycles. The molecule has 0 radical (unpaired) electrons. The van der Waals surface area contributed by atoms with Crippen molar-refractivity contribution in [1.82, 2.24) is 0 Å². The first-order valence-corrected chi connectivity index (χ1v) is 6.51. The molecule has 80 valence electrons. The summed E-state index contributed by atoms with van der Waals surface area (Å²) in [5, 5.41) is 0. The maximum absolute atomic E-state index is 4.22. The first kappa shape index (κ1) is 10.3. The predicted octanol–water partition coefficient (Wildman–Crippen LogP) is 4.70. The van der Waals surface area contributed by atoms with Crippen LogP contribution in [0.15, 0.2) is 12.2 Å². The molecule has 0 spiro atoms. The molecule has 2 aliphatic carbocycles. The van der Waals surface area contributed by atoms with Gasteiger partial charge in [0.05, 0.1) is 0 Å². The lowest BCUT2D eigenvalue weighted by atomic mass is 9.74. The van der Waals surface area contributed by atoms with Gasteiger partial charge in [0.25, 0.3) is 0 Å². The van der Waals surface area contributed by atoms with Crippen LogP contribution in [0.1, 0.15) is 64.2 Å². The molecule has 2 aliphatic rings. The maximum Gasteiger partial charge on any atom is -0.0294 e. The van der Waals surface area contributed by atoms with E-state index in [9.17, 15) is 0 Å². The summed E-state index contributed by atoms with van der Waals surface area (Å²) in [5.41, 5.74) is 1.55. The molecule has 0 heteroatoms. The molecule has 2 fully saturated rings. The summed E-state index contributed by atoms with van der Waals surface area (Å²) in [6, 6.07) is 0. The van der Waals surface area contributed by atoms with Crippen LogP contribution in [0.2, 0.25) is 0 Å². The topological polar surface area (TPSA) is 0 Å². The van der Waals surface area contributed by atoms with Crippen molar-refractivity contribution in [2.75, 3.05) is 0 Å². The van der Waals surface area contributed by atoms with Crippen LogP contribution in [0.25, 0.3) is 0 Å². The predicted molar refractivity (Wildman–Crippen MR) is 62.3 cm³/mol. The second kappa shape index (κ2) is 5.00. The number of allylic oxidation sites excluding steroid dienone is 1. The molecule has 2 rings (SSSR count). The zero-order chi connectivity index (χ0) is 9.80. The van der Waals surface area contributed by atoms with Gasteiger partial charge in [-0.15, -0.1) is 0 Å². The molecule has 2 atom stereocenters. The van der Waals surface area contributed by atoms with Crippen molar-refractivity contribution < 1.29 is 0 Å². The van der Waals surface area contributed by atoms with Gasteiger partial charge in [-0.1, -0.05) is 57.1 Å². The van der Waals surface area contributed by atoms with Crippen molar-refractivity contribution in [1.29, 1.82) is 0 Å². The molecular weight excluding hydrogens is 168 g/mol. The van der Waals surface area contributed by atoms with E-state index in [1.807, 2.05) is 0 Å². The summed E-state index contributed by atoms with van der Waals surface area (Å²) in [6.07, 6.45) is 14.6. The van der Waals surface area contributed by atoms with Gasteiger partial charge in [-0.05, 0) is 31.1 Å². The first-order chi connectivity index (χ1) is 6.84. The summed E-state index contributed by atoms with van der Waals surface area (Å²) in [6.45, 7) is 4.22. The van der Waals surface area contributed by atoms with E-state index in [0.717, 1.165) is 11.8 Å². The highest BCUT2D eigenvalue weighted by molar-refractivity contribution is 5.01. The molecule has 0 N–H and O–H groups in total. The highest BCUT2D eigenvalue weighted by Crippen LogP contribution is 2.38. The van der Waals surface area contributed by atoms with E-state index < -0.39 is 0 Å². The Morgan fingerprint density at radius 2 is 1.29 bits per heavy atom. The van der Waals surface area contributed by atoms with Gasteiger partial charge in [0.1, 0.15) is 0 Å². The van der Waals surface area contributed by atoms with Crippen molar-refractivity contribution in [2.45, 2.75) is 64.2 Å². The number of hydrogen-bond donors (Lipinski definition) is 0. The number of hydrogen-bond acceptors (Lipinski definition) is 0. The maximum atomic E-state index is 4.22. The average molecular weight is 192 g/mol. The average Bonchev–Trinajstić information content (AvgIpc) is 2.15. The highest BCUT2D eigenvalue weighted by atomic mass is 14.3. The number of fused-ring (bicyclic) bond motifs is 2. The molecule has 0 heterocycles. The lowest BCUT2D eigenvalue weighted by Gasteiger charge is -2.31. The van der Waals surface area contributed by atoms with Crippen molar-refractivity contribution in [2.24, 2.45) is 11.8 Å². The molecule has 2 bridgehead atoms. The lowest BCUT2D eigenvalue weighted by Crippen LogP contribution is -2.17.